The SMILES string of the molecule is Nc1cccc(NN2CCNC2)c1. The van der Waals surface area contributed by atoms with Crippen molar-refractivity contribution in [2.45, 2.75) is 0 Å². The Labute approximate surface area is 77.7 Å². The molecule has 1 aliphatic rings. The van der Waals surface area contributed by atoms with Crippen molar-refractivity contribution in [3.8, 4) is 0 Å². The van der Waals surface area contributed by atoms with E-state index in [0.717, 1.165) is 31.1 Å². The summed E-state index contributed by atoms with van der Waals surface area (Å²) in [4.78, 5) is 0. The van der Waals surface area contributed by atoms with Crippen molar-refractivity contribution in [1.29, 1.82) is 0 Å². The van der Waals surface area contributed by atoms with Crippen LogP contribution in [0.1, 0.15) is 0 Å². The van der Waals surface area contributed by atoms with Crippen molar-refractivity contribution in [1.82, 2.24) is 10.3 Å². The molecule has 0 atom stereocenters. The number of nitrogen functional groups attached to an aromatic ring is 1. The molecule has 0 unspecified atom stereocenters. The van der Waals surface area contributed by atoms with Crippen molar-refractivity contribution >= 4 is 11.4 Å². The van der Waals surface area contributed by atoms with Crippen molar-refractivity contribution in [2.75, 3.05) is 30.9 Å². The second-order valence-corrected chi connectivity index (χ2v) is 3.16. The Kier molecular flexibility index (Phi) is 2.33. The number of anilines is 2. The van der Waals surface area contributed by atoms with E-state index >= 15 is 0 Å². The Morgan fingerprint density at radius 3 is 3.08 bits per heavy atom. The smallest absolute Gasteiger partial charge is 0.0670 e. The van der Waals surface area contributed by atoms with Crippen LogP contribution in [-0.4, -0.2) is 24.8 Å². The standard InChI is InChI=1S/C9H14N4/c10-8-2-1-3-9(6-8)12-13-5-4-11-7-13/h1-3,6,11-12H,4-5,7,10H2. The third-order valence-corrected chi connectivity index (χ3v) is 2.04. The van der Waals surface area contributed by atoms with Crippen LogP contribution >= 0.6 is 0 Å². The van der Waals surface area contributed by atoms with E-state index in [4.69, 9.17) is 5.73 Å². The van der Waals surface area contributed by atoms with Gasteiger partial charge in [-0.3, -0.25) is 0 Å². The van der Waals surface area contributed by atoms with E-state index < -0.39 is 0 Å². The van der Waals surface area contributed by atoms with Gasteiger partial charge in [0.15, 0.2) is 0 Å². The zero-order chi connectivity index (χ0) is 9.10. The van der Waals surface area contributed by atoms with E-state index in [-0.39, 0.29) is 0 Å². The predicted molar refractivity (Wildman–Crippen MR) is 54.1 cm³/mol. The second-order valence-electron chi connectivity index (χ2n) is 3.16. The van der Waals surface area contributed by atoms with Gasteiger partial charge in [-0.2, -0.15) is 0 Å². The Balaban J connectivity index is 2.00. The van der Waals surface area contributed by atoms with Gasteiger partial charge in [0.05, 0.1) is 12.4 Å². The van der Waals surface area contributed by atoms with Crippen molar-refractivity contribution < 1.29 is 0 Å². The van der Waals surface area contributed by atoms with Crippen LogP contribution in [0.25, 0.3) is 0 Å². The molecule has 70 valence electrons. The minimum Gasteiger partial charge on any atom is -0.399 e. The zero-order valence-electron chi connectivity index (χ0n) is 7.46. The summed E-state index contributed by atoms with van der Waals surface area (Å²) in [6.45, 7) is 2.94. The van der Waals surface area contributed by atoms with E-state index in [0.29, 0.717) is 0 Å². The molecule has 4 N–H and O–H groups in total. The molecule has 1 fully saturated rings. The van der Waals surface area contributed by atoms with Crippen LogP contribution in [-0.2, 0) is 0 Å². The molecule has 0 spiro atoms. The molecular formula is C9H14N4. The number of nitrogens with zero attached hydrogens (tertiary/aromatic N) is 1. The molecule has 1 aromatic carbocycles. The van der Waals surface area contributed by atoms with Gasteiger partial charge in [-0.15, -0.1) is 0 Å². The molecule has 1 heterocycles. The maximum Gasteiger partial charge on any atom is 0.0670 e. The third-order valence-electron chi connectivity index (χ3n) is 2.04. The fourth-order valence-electron chi connectivity index (χ4n) is 1.39. The highest BCUT2D eigenvalue weighted by Crippen LogP contribution is 2.12. The molecule has 0 radical (unpaired) electrons. The summed E-state index contributed by atoms with van der Waals surface area (Å²) < 4.78 is 0. The average molecular weight is 178 g/mol. The molecule has 0 saturated carbocycles. The van der Waals surface area contributed by atoms with Crippen LogP contribution < -0.4 is 16.5 Å². The first-order valence-electron chi connectivity index (χ1n) is 4.42. The first-order chi connectivity index (χ1) is 6.34. The van der Waals surface area contributed by atoms with Crippen molar-refractivity contribution in [2.24, 2.45) is 0 Å². The number of benzene rings is 1. The van der Waals surface area contributed by atoms with E-state index in [1.807, 2.05) is 24.3 Å². The van der Waals surface area contributed by atoms with E-state index in [9.17, 15) is 0 Å². The molecule has 4 nitrogen and oxygen atoms in total. The lowest BCUT2D eigenvalue weighted by Crippen LogP contribution is -2.28. The van der Waals surface area contributed by atoms with Crippen LogP contribution in [0, 0.1) is 0 Å². The van der Waals surface area contributed by atoms with Crippen LogP contribution in [0.3, 0.4) is 0 Å². The van der Waals surface area contributed by atoms with E-state index in [1.54, 1.807) is 0 Å². The number of nitrogens with one attached hydrogen (secondary N) is 2. The number of nitrogens with two attached hydrogens (primary N) is 1. The maximum absolute atomic E-state index is 5.66. The Morgan fingerprint density at radius 1 is 1.46 bits per heavy atom. The van der Waals surface area contributed by atoms with Gasteiger partial charge in [0.1, 0.15) is 0 Å². The second kappa shape index (κ2) is 3.64. The summed E-state index contributed by atoms with van der Waals surface area (Å²) in [5.41, 5.74) is 10.8. The number of hydrogen-bond acceptors (Lipinski definition) is 4. The largest absolute Gasteiger partial charge is 0.399 e. The molecule has 2 rings (SSSR count). The van der Waals surface area contributed by atoms with Crippen LogP contribution in [0.5, 0.6) is 0 Å². The molecule has 1 saturated heterocycles. The number of hydrazine groups is 1. The monoisotopic (exact) mass is 178 g/mol. The normalized spacial score (nSPS) is 17.5. The van der Waals surface area contributed by atoms with Crippen molar-refractivity contribution in [3.63, 3.8) is 0 Å². The lowest BCUT2D eigenvalue weighted by molar-refractivity contribution is 0.405. The van der Waals surface area contributed by atoms with Crippen molar-refractivity contribution in [3.05, 3.63) is 24.3 Å². The summed E-state index contributed by atoms with van der Waals surface area (Å²) >= 11 is 0. The molecule has 1 aromatic rings. The van der Waals surface area contributed by atoms with Gasteiger partial charge in [-0.1, -0.05) is 6.07 Å². The quantitative estimate of drug-likeness (QED) is 0.576. The first kappa shape index (κ1) is 8.34. The minimum atomic E-state index is 0.789. The summed E-state index contributed by atoms with van der Waals surface area (Å²) in [7, 11) is 0. The van der Waals surface area contributed by atoms with Crippen LogP contribution in [0.15, 0.2) is 24.3 Å². The molecule has 4 heteroatoms. The van der Waals surface area contributed by atoms with Gasteiger partial charge in [0, 0.05) is 18.8 Å². The minimum absolute atomic E-state index is 0.789. The fraction of sp³-hybridized carbons (Fsp3) is 0.333. The highest BCUT2D eigenvalue weighted by molar-refractivity contribution is 5.53. The highest BCUT2D eigenvalue weighted by Gasteiger charge is 2.09. The van der Waals surface area contributed by atoms with Crippen LogP contribution in [0.4, 0.5) is 11.4 Å². The van der Waals surface area contributed by atoms with E-state index in [1.165, 1.54) is 0 Å². The molecule has 1 aliphatic heterocycles. The molecular weight excluding hydrogens is 164 g/mol. The van der Waals surface area contributed by atoms with Gasteiger partial charge in [-0.05, 0) is 18.2 Å². The topological polar surface area (TPSA) is 53.3 Å². The molecule has 0 bridgehead atoms. The molecule has 0 aliphatic carbocycles. The first-order valence-corrected chi connectivity index (χ1v) is 4.42. The zero-order valence-corrected chi connectivity index (χ0v) is 7.46. The predicted octanol–water partition coefficient (Wildman–Crippen LogP) is 0.458. The number of rotatable bonds is 2. The van der Waals surface area contributed by atoms with Gasteiger partial charge < -0.3 is 16.5 Å². The maximum atomic E-state index is 5.66. The Bertz CT molecular complexity index is 281. The summed E-state index contributed by atoms with van der Waals surface area (Å²) in [5.74, 6) is 0. The molecule has 0 aromatic heterocycles. The molecule has 13 heavy (non-hydrogen) atoms. The van der Waals surface area contributed by atoms with Gasteiger partial charge in [0.2, 0.25) is 0 Å². The lowest BCUT2D eigenvalue weighted by atomic mass is 10.3. The van der Waals surface area contributed by atoms with Gasteiger partial charge in [-0.25, -0.2) is 5.01 Å². The molecule has 0 amide bonds. The van der Waals surface area contributed by atoms with Gasteiger partial charge in [0.25, 0.3) is 0 Å². The number of hydrogen-bond donors (Lipinski definition) is 3. The third kappa shape index (κ3) is 2.11. The highest BCUT2D eigenvalue weighted by atomic mass is 15.6. The fourth-order valence-corrected chi connectivity index (χ4v) is 1.39. The summed E-state index contributed by atoms with van der Waals surface area (Å²) in [6, 6.07) is 7.77. The van der Waals surface area contributed by atoms with E-state index in [2.05, 4.69) is 15.8 Å². The summed E-state index contributed by atoms with van der Waals surface area (Å²) in [5, 5.41) is 5.36. The van der Waals surface area contributed by atoms with Crippen LogP contribution in [0.2, 0.25) is 0 Å². The summed E-state index contributed by atoms with van der Waals surface area (Å²) in [6.07, 6.45) is 0. The average Bonchev–Trinajstić information content (AvgIpc) is 2.57. The lowest BCUT2D eigenvalue weighted by Gasteiger charge is -2.16. The van der Waals surface area contributed by atoms with Gasteiger partial charge >= 0.3 is 0 Å². The Morgan fingerprint density at radius 2 is 2.38 bits per heavy atom. The Hall–Kier alpha value is -1.26.